The van der Waals surface area contributed by atoms with E-state index in [1.165, 1.54) is 17.2 Å². The molecule has 3 heteroatoms. The lowest BCUT2D eigenvalue weighted by atomic mass is 9.87. The van der Waals surface area contributed by atoms with E-state index in [2.05, 4.69) is 23.5 Å². The van der Waals surface area contributed by atoms with Gasteiger partial charge < -0.3 is 10.1 Å². The molecular formula is C17H18FNO. The molecule has 1 N–H and O–H groups in total. The third kappa shape index (κ3) is 2.48. The number of halogens is 1. The Kier molecular flexibility index (Phi) is 3.59. The molecule has 1 aliphatic carbocycles. The van der Waals surface area contributed by atoms with Crippen molar-refractivity contribution in [2.24, 2.45) is 0 Å². The van der Waals surface area contributed by atoms with Crippen LogP contribution in [-0.2, 0) is 6.42 Å². The summed E-state index contributed by atoms with van der Waals surface area (Å²) in [5, 5.41) is 3.33. The Morgan fingerprint density at radius 2 is 2.05 bits per heavy atom. The summed E-state index contributed by atoms with van der Waals surface area (Å²) in [6.45, 7) is 0. The zero-order chi connectivity index (χ0) is 13.9. The van der Waals surface area contributed by atoms with E-state index >= 15 is 0 Å². The van der Waals surface area contributed by atoms with Gasteiger partial charge in [0, 0.05) is 6.07 Å². The first-order valence-electron chi connectivity index (χ1n) is 6.96. The number of ether oxygens (including phenoxy) is 1. The summed E-state index contributed by atoms with van der Waals surface area (Å²) in [5.41, 5.74) is 3.14. The Hall–Kier alpha value is -2.03. The second-order valence-electron chi connectivity index (χ2n) is 5.13. The van der Waals surface area contributed by atoms with Crippen LogP contribution in [0.1, 0.15) is 30.0 Å². The van der Waals surface area contributed by atoms with Crippen molar-refractivity contribution in [3.05, 3.63) is 59.4 Å². The fourth-order valence-corrected chi connectivity index (χ4v) is 2.83. The molecule has 1 unspecified atom stereocenters. The number of methoxy groups -OCH3 is 1. The van der Waals surface area contributed by atoms with Crippen LogP contribution in [0.4, 0.5) is 10.1 Å². The average molecular weight is 271 g/mol. The van der Waals surface area contributed by atoms with Gasteiger partial charge in [-0.15, -0.1) is 0 Å². The van der Waals surface area contributed by atoms with Crippen LogP contribution >= 0.6 is 0 Å². The largest absolute Gasteiger partial charge is 0.497 e. The standard InChI is InChI=1S/C17H18FNO/c1-20-13-9-10-15(18)17(11-13)19-16-8-4-6-12-5-2-3-7-14(12)16/h2-3,5,7,9-11,16,19H,4,6,8H2,1H3. The second kappa shape index (κ2) is 5.53. The van der Waals surface area contributed by atoms with Crippen molar-refractivity contribution in [3.8, 4) is 5.75 Å². The molecule has 2 aromatic carbocycles. The van der Waals surface area contributed by atoms with E-state index in [4.69, 9.17) is 4.74 Å². The van der Waals surface area contributed by atoms with Gasteiger partial charge in [-0.05, 0) is 42.5 Å². The van der Waals surface area contributed by atoms with Gasteiger partial charge in [0.1, 0.15) is 11.6 Å². The first-order chi connectivity index (χ1) is 9.78. The van der Waals surface area contributed by atoms with Crippen LogP contribution in [0.3, 0.4) is 0 Å². The summed E-state index contributed by atoms with van der Waals surface area (Å²) in [6, 6.07) is 13.3. The summed E-state index contributed by atoms with van der Waals surface area (Å²) < 4.78 is 19.1. The third-order valence-electron chi connectivity index (χ3n) is 3.87. The lowest BCUT2D eigenvalue weighted by Crippen LogP contribution is -2.17. The minimum atomic E-state index is -0.242. The lowest BCUT2D eigenvalue weighted by Gasteiger charge is -2.27. The zero-order valence-electron chi connectivity index (χ0n) is 11.5. The Morgan fingerprint density at radius 3 is 2.90 bits per heavy atom. The molecule has 0 radical (unpaired) electrons. The number of rotatable bonds is 3. The molecule has 0 spiro atoms. The van der Waals surface area contributed by atoms with Crippen molar-refractivity contribution in [1.82, 2.24) is 0 Å². The minimum absolute atomic E-state index is 0.168. The smallest absolute Gasteiger partial charge is 0.146 e. The fraction of sp³-hybridized carbons (Fsp3) is 0.294. The second-order valence-corrected chi connectivity index (χ2v) is 5.13. The average Bonchev–Trinajstić information content (AvgIpc) is 2.50. The molecule has 0 amide bonds. The molecule has 0 aliphatic heterocycles. The Bertz CT molecular complexity index is 612. The van der Waals surface area contributed by atoms with Crippen molar-refractivity contribution in [2.45, 2.75) is 25.3 Å². The summed E-state index contributed by atoms with van der Waals surface area (Å²) in [4.78, 5) is 0. The molecule has 0 aromatic heterocycles. The molecule has 0 saturated heterocycles. The fourth-order valence-electron chi connectivity index (χ4n) is 2.83. The molecule has 0 fully saturated rings. The van der Waals surface area contributed by atoms with Crippen LogP contribution in [-0.4, -0.2) is 7.11 Å². The predicted octanol–water partition coefficient (Wildman–Crippen LogP) is 4.32. The van der Waals surface area contributed by atoms with Gasteiger partial charge >= 0.3 is 0 Å². The van der Waals surface area contributed by atoms with Crippen LogP contribution in [0, 0.1) is 5.82 Å². The van der Waals surface area contributed by atoms with Gasteiger partial charge in [-0.1, -0.05) is 24.3 Å². The molecule has 0 bridgehead atoms. The highest BCUT2D eigenvalue weighted by Crippen LogP contribution is 2.33. The summed E-state index contributed by atoms with van der Waals surface area (Å²) in [5.74, 6) is 0.423. The molecular weight excluding hydrogens is 253 g/mol. The maximum atomic E-state index is 13.9. The summed E-state index contributed by atoms with van der Waals surface area (Å²) >= 11 is 0. The van der Waals surface area contributed by atoms with Crippen molar-refractivity contribution < 1.29 is 9.13 Å². The van der Waals surface area contributed by atoms with Gasteiger partial charge in [0.05, 0.1) is 18.8 Å². The Morgan fingerprint density at radius 1 is 1.20 bits per heavy atom. The van der Waals surface area contributed by atoms with Crippen LogP contribution in [0.2, 0.25) is 0 Å². The number of fused-ring (bicyclic) bond motifs is 1. The highest BCUT2D eigenvalue weighted by Gasteiger charge is 2.20. The Balaban J connectivity index is 1.89. The van der Waals surface area contributed by atoms with Crippen LogP contribution in [0.5, 0.6) is 5.75 Å². The van der Waals surface area contributed by atoms with Crippen LogP contribution in [0.15, 0.2) is 42.5 Å². The molecule has 1 atom stereocenters. The number of benzene rings is 2. The van der Waals surface area contributed by atoms with Crippen molar-refractivity contribution in [2.75, 3.05) is 12.4 Å². The van der Waals surface area contributed by atoms with E-state index in [9.17, 15) is 4.39 Å². The molecule has 2 nitrogen and oxygen atoms in total. The highest BCUT2D eigenvalue weighted by atomic mass is 19.1. The van der Waals surface area contributed by atoms with Gasteiger partial charge in [0.2, 0.25) is 0 Å². The van der Waals surface area contributed by atoms with Gasteiger partial charge in [0.15, 0.2) is 0 Å². The SMILES string of the molecule is COc1ccc(F)c(NC2CCCc3ccccc32)c1. The number of anilines is 1. The van der Waals surface area contributed by atoms with Crippen molar-refractivity contribution in [1.29, 1.82) is 0 Å². The van der Waals surface area contributed by atoms with E-state index in [0.717, 1.165) is 19.3 Å². The molecule has 0 saturated carbocycles. The predicted molar refractivity (Wildman–Crippen MR) is 78.7 cm³/mol. The number of aryl methyl sites for hydroxylation is 1. The Labute approximate surface area is 118 Å². The highest BCUT2D eigenvalue weighted by molar-refractivity contribution is 5.52. The van der Waals surface area contributed by atoms with Crippen molar-refractivity contribution >= 4 is 5.69 Å². The molecule has 2 aromatic rings. The van der Waals surface area contributed by atoms with Crippen molar-refractivity contribution in [3.63, 3.8) is 0 Å². The van der Waals surface area contributed by atoms with Gasteiger partial charge in [-0.2, -0.15) is 0 Å². The molecule has 1 aliphatic rings. The maximum Gasteiger partial charge on any atom is 0.146 e. The first-order valence-corrected chi connectivity index (χ1v) is 6.96. The topological polar surface area (TPSA) is 21.3 Å². The maximum absolute atomic E-state index is 13.9. The summed E-state index contributed by atoms with van der Waals surface area (Å²) in [6.07, 6.45) is 3.25. The molecule has 104 valence electrons. The van der Waals surface area contributed by atoms with Crippen LogP contribution in [0.25, 0.3) is 0 Å². The number of nitrogens with one attached hydrogen (secondary N) is 1. The third-order valence-corrected chi connectivity index (χ3v) is 3.87. The zero-order valence-corrected chi connectivity index (χ0v) is 11.5. The van der Waals surface area contributed by atoms with E-state index in [1.54, 1.807) is 19.2 Å². The first kappa shape index (κ1) is 13.0. The van der Waals surface area contributed by atoms with Crippen LogP contribution < -0.4 is 10.1 Å². The van der Waals surface area contributed by atoms with E-state index in [-0.39, 0.29) is 11.9 Å². The van der Waals surface area contributed by atoms with E-state index < -0.39 is 0 Å². The van der Waals surface area contributed by atoms with Gasteiger partial charge in [0.25, 0.3) is 0 Å². The number of hydrogen-bond acceptors (Lipinski definition) is 2. The molecule has 0 heterocycles. The van der Waals surface area contributed by atoms with E-state index in [0.29, 0.717) is 11.4 Å². The quantitative estimate of drug-likeness (QED) is 0.897. The summed E-state index contributed by atoms with van der Waals surface area (Å²) in [7, 11) is 1.59. The lowest BCUT2D eigenvalue weighted by molar-refractivity contribution is 0.414. The molecule has 3 rings (SSSR count). The monoisotopic (exact) mass is 271 g/mol. The van der Waals surface area contributed by atoms with Gasteiger partial charge in [-0.3, -0.25) is 0 Å². The minimum Gasteiger partial charge on any atom is -0.497 e. The normalized spacial score (nSPS) is 17.4. The van der Waals surface area contributed by atoms with Gasteiger partial charge in [-0.25, -0.2) is 4.39 Å². The van der Waals surface area contributed by atoms with E-state index in [1.807, 2.05) is 6.07 Å². The molecule has 20 heavy (non-hydrogen) atoms. The number of hydrogen-bond donors (Lipinski definition) is 1.